The highest BCUT2D eigenvalue weighted by molar-refractivity contribution is 5.72. The summed E-state index contributed by atoms with van der Waals surface area (Å²) in [7, 11) is 0. The van der Waals surface area contributed by atoms with Gasteiger partial charge in [-0.1, -0.05) is 0 Å². The molecule has 0 bridgehead atoms. The van der Waals surface area contributed by atoms with Crippen LogP contribution >= 0.6 is 0 Å². The molecule has 1 aromatic heterocycles. The molecule has 1 unspecified atom stereocenters. The fourth-order valence-electron chi connectivity index (χ4n) is 0.746. The molecule has 0 radical (unpaired) electrons. The Morgan fingerprint density at radius 3 is 2.09 bits per heavy atom. The van der Waals surface area contributed by atoms with E-state index in [9.17, 15) is 14.4 Å². The number of aromatic nitrogens is 1. The number of hydrogen-bond acceptors (Lipinski definition) is 4. The van der Waals surface area contributed by atoms with Gasteiger partial charge in [-0.25, -0.2) is 4.79 Å². The molecule has 1 atom stereocenters. The number of carbonyl (C=O) groups is 1. The number of carboxylic acid groups (broad SMARTS) is 1. The topological polar surface area (TPSA) is 102 Å². The molecule has 0 amide bonds. The van der Waals surface area contributed by atoms with Crippen LogP contribution in [-0.2, 0) is 4.79 Å². The molecule has 3 N–H and O–H groups in total. The van der Waals surface area contributed by atoms with Crippen molar-refractivity contribution in [3.8, 4) is 0 Å². The second kappa shape index (κ2) is 2.31. The van der Waals surface area contributed by atoms with Crippen LogP contribution in [0.5, 0.6) is 0 Å². The van der Waals surface area contributed by atoms with Gasteiger partial charge in [-0.05, 0) is 0 Å². The number of carboxylic acids is 1. The van der Waals surface area contributed by atoms with Crippen molar-refractivity contribution in [2.75, 3.05) is 6.54 Å². The number of nitrogens with zero attached hydrogens (tertiary/aromatic N) is 1. The van der Waals surface area contributed by atoms with Crippen molar-refractivity contribution in [1.29, 1.82) is 0 Å². The number of rotatable bonds is 3. The number of hydrogen-bond donors (Lipinski definition) is 2. The van der Waals surface area contributed by atoms with Gasteiger partial charge in [0, 0.05) is 6.54 Å². The van der Waals surface area contributed by atoms with E-state index < -0.39 is 23.1 Å². The van der Waals surface area contributed by atoms with E-state index in [0.29, 0.717) is 4.57 Å². The average Bonchev–Trinajstić information content (AvgIpc) is 2.46. The van der Waals surface area contributed by atoms with Crippen LogP contribution in [0.25, 0.3) is 0 Å². The molecular formula is C5H6N2O4. The van der Waals surface area contributed by atoms with E-state index >= 15 is 0 Å². The number of nitrogens with two attached hydrogens (primary N) is 1. The van der Waals surface area contributed by atoms with Gasteiger partial charge in [0.2, 0.25) is 0 Å². The Hall–Kier alpha value is -1.43. The summed E-state index contributed by atoms with van der Waals surface area (Å²) in [6.07, 6.45) is 0. The molecule has 1 rings (SSSR count). The van der Waals surface area contributed by atoms with E-state index in [4.69, 9.17) is 10.8 Å². The molecule has 6 nitrogen and oxygen atoms in total. The first kappa shape index (κ1) is 7.67. The van der Waals surface area contributed by atoms with Gasteiger partial charge in [0.1, 0.15) is 6.04 Å². The Morgan fingerprint density at radius 1 is 1.55 bits per heavy atom. The van der Waals surface area contributed by atoms with Gasteiger partial charge in [0.05, 0.1) is 0 Å². The molecule has 0 aliphatic rings. The normalized spacial score (nSPS) is 13.5. The zero-order valence-corrected chi connectivity index (χ0v) is 5.48. The Bertz CT molecular complexity index is 321. The maximum Gasteiger partial charge on any atom is 0.328 e. The van der Waals surface area contributed by atoms with Gasteiger partial charge < -0.3 is 10.8 Å². The van der Waals surface area contributed by atoms with E-state index in [1.807, 2.05) is 0 Å². The molecule has 1 heterocycles. The van der Waals surface area contributed by atoms with Gasteiger partial charge in [-0.2, -0.15) is 0 Å². The van der Waals surface area contributed by atoms with Gasteiger partial charge in [-0.3, -0.25) is 14.2 Å². The first-order valence-electron chi connectivity index (χ1n) is 2.90. The fourth-order valence-corrected chi connectivity index (χ4v) is 0.746. The standard InChI is InChI=1S/C5H6N2O4/c6-1-2(5(10)11)7-3(8)4(7)9/h2H,1,6H2,(H,10,11). The van der Waals surface area contributed by atoms with Crippen LogP contribution in [0.15, 0.2) is 9.59 Å². The van der Waals surface area contributed by atoms with Crippen molar-refractivity contribution >= 4 is 5.97 Å². The highest BCUT2D eigenvalue weighted by Crippen LogP contribution is 1.97. The third-order valence-electron chi connectivity index (χ3n) is 1.39. The van der Waals surface area contributed by atoms with Crippen LogP contribution in [0.3, 0.4) is 0 Å². The fraction of sp³-hybridized carbons (Fsp3) is 0.400. The van der Waals surface area contributed by atoms with Gasteiger partial charge in [-0.15, -0.1) is 0 Å². The average molecular weight is 158 g/mol. The summed E-state index contributed by atoms with van der Waals surface area (Å²) in [6, 6.07) is -1.19. The van der Waals surface area contributed by atoms with Crippen LogP contribution < -0.4 is 16.9 Å². The zero-order valence-electron chi connectivity index (χ0n) is 5.48. The largest absolute Gasteiger partial charge is 0.480 e. The minimum Gasteiger partial charge on any atom is -0.480 e. The van der Waals surface area contributed by atoms with Crippen molar-refractivity contribution in [3.63, 3.8) is 0 Å². The molecule has 0 saturated heterocycles. The van der Waals surface area contributed by atoms with Crippen LogP contribution in [0.1, 0.15) is 6.04 Å². The molecule has 0 spiro atoms. The van der Waals surface area contributed by atoms with E-state index in [1.165, 1.54) is 0 Å². The maximum absolute atomic E-state index is 10.4. The van der Waals surface area contributed by atoms with Crippen LogP contribution in [-0.4, -0.2) is 22.2 Å². The second-order valence-corrected chi connectivity index (χ2v) is 2.07. The SMILES string of the molecule is NCC(C(=O)O)n1c(=O)c1=O. The lowest BCUT2D eigenvalue weighted by atomic mass is 10.3. The summed E-state index contributed by atoms with van der Waals surface area (Å²) in [4.78, 5) is 31.0. The summed E-state index contributed by atoms with van der Waals surface area (Å²) in [5.74, 6) is -1.26. The third kappa shape index (κ3) is 1.07. The Kier molecular flexibility index (Phi) is 1.61. The van der Waals surface area contributed by atoms with Gasteiger partial charge >= 0.3 is 17.1 Å². The van der Waals surface area contributed by atoms with E-state index in [1.54, 1.807) is 0 Å². The molecule has 60 valence electrons. The summed E-state index contributed by atoms with van der Waals surface area (Å²) >= 11 is 0. The van der Waals surface area contributed by atoms with E-state index in [0.717, 1.165) is 0 Å². The van der Waals surface area contributed by atoms with Gasteiger partial charge in [0.25, 0.3) is 0 Å². The molecule has 1 aromatic rings. The maximum atomic E-state index is 10.4. The molecule has 11 heavy (non-hydrogen) atoms. The molecule has 0 fully saturated rings. The first-order chi connectivity index (χ1) is 5.09. The van der Waals surface area contributed by atoms with Crippen LogP contribution in [0.4, 0.5) is 0 Å². The first-order valence-corrected chi connectivity index (χ1v) is 2.90. The molecular weight excluding hydrogens is 152 g/mol. The highest BCUT2D eigenvalue weighted by atomic mass is 16.4. The molecule has 0 saturated carbocycles. The molecule has 6 heteroatoms. The molecule has 0 aromatic carbocycles. The van der Waals surface area contributed by atoms with Crippen LogP contribution in [0, 0.1) is 0 Å². The van der Waals surface area contributed by atoms with Crippen molar-refractivity contribution in [1.82, 2.24) is 4.57 Å². The lowest BCUT2D eigenvalue weighted by Gasteiger charge is -2.02. The Morgan fingerprint density at radius 2 is 2.00 bits per heavy atom. The third-order valence-corrected chi connectivity index (χ3v) is 1.39. The Labute approximate surface area is 60.5 Å². The smallest absolute Gasteiger partial charge is 0.328 e. The number of aliphatic carboxylic acids is 1. The van der Waals surface area contributed by atoms with Crippen LogP contribution in [0.2, 0.25) is 0 Å². The predicted octanol–water partition coefficient (Wildman–Crippen LogP) is -2.33. The van der Waals surface area contributed by atoms with E-state index in [-0.39, 0.29) is 6.54 Å². The highest BCUT2D eigenvalue weighted by Gasteiger charge is 2.29. The second-order valence-electron chi connectivity index (χ2n) is 2.07. The van der Waals surface area contributed by atoms with Crippen molar-refractivity contribution < 1.29 is 9.90 Å². The molecule has 0 aliphatic heterocycles. The summed E-state index contributed by atoms with van der Waals surface area (Å²) < 4.78 is 0.627. The van der Waals surface area contributed by atoms with E-state index in [2.05, 4.69) is 0 Å². The minimum absolute atomic E-state index is 0.243. The summed E-state index contributed by atoms with van der Waals surface area (Å²) in [5, 5.41) is 8.39. The zero-order chi connectivity index (χ0) is 8.59. The van der Waals surface area contributed by atoms with Gasteiger partial charge in [0.15, 0.2) is 0 Å². The monoisotopic (exact) mass is 158 g/mol. The lowest BCUT2D eigenvalue weighted by molar-refractivity contribution is -0.140. The Balaban J connectivity index is 2.91. The van der Waals surface area contributed by atoms with Crippen molar-refractivity contribution in [2.45, 2.75) is 6.04 Å². The summed E-state index contributed by atoms with van der Waals surface area (Å²) in [6.45, 7) is -0.243. The lowest BCUT2D eigenvalue weighted by Crippen LogP contribution is -2.26. The minimum atomic E-state index is -1.26. The predicted molar refractivity (Wildman–Crippen MR) is 35.1 cm³/mol. The van der Waals surface area contributed by atoms with Crippen molar-refractivity contribution in [3.05, 3.63) is 20.7 Å². The molecule has 0 aliphatic carbocycles. The summed E-state index contributed by atoms with van der Waals surface area (Å²) in [5.41, 5.74) is 3.46. The quantitative estimate of drug-likeness (QED) is 0.480. The van der Waals surface area contributed by atoms with Crippen molar-refractivity contribution in [2.24, 2.45) is 5.73 Å².